The van der Waals surface area contributed by atoms with Crippen LogP contribution in [0.5, 0.6) is 0 Å². The molecule has 1 heterocycles. The Hall–Kier alpha value is -0.570. The van der Waals surface area contributed by atoms with E-state index in [-0.39, 0.29) is 23.6 Å². The van der Waals surface area contributed by atoms with Crippen LogP contribution in [0, 0.1) is 17.3 Å². The van der Waals surface area contributed by atoms with Crippen molar-refractivity contribution in [2.75, 3.05) is 0 Å². The summed E-state index contributed by atoms with van der Waals surface area (Å²) in [6, 6.07) is 0. The van der Waals surface area contributed by atoms with Crippen LogP contribution in [0.3, 0.4) is 0 Å². The standard InChI is InChI=1S/C13H20O3/c1-13-4-2-3-10(14)9(13)5-8-6-12(15)16-11(8)7-13/h8-11,14H,2-7H2,1H3/t8-,9+,10+,11-,13-/m1/s1. The molecule has 3 aliphatic rings. The second-order valence-electron chi connectivity index (χ2n) is 6.15. The van der Waals surface area contributed by atoms with E-state index >= 15 is 0 Å². The molecule has 1 N–H and O–H groups in total. The van der Waals surface area contributed by atoms with Gasteiger partial charge in [0.15, 0.2) is 0 Å². The molecule has 3 nitrogen and oxygen atoms in total. The molecule has 0 bridgehead atoms. The zero-order chi connectivity index (χ0) is 11.3. The number of rotatable bonds is 0. The van der Waals surface area contributed by atoms with Gasteiger partial charge in [-0.05, 0) is 37.0 Å². The van der Waals surface area contributed by atoms with Crippen LogP contribution in [0.1, 0.15) is 45.4 Å². The molecule has 3 heteroatoms. The lowest BCUT2D eigenvalue weighted by atomic mass is 9.56. The minimum absolute atomic E-state index is 0.0354. The van der Waals surface area contributed by atoms with E-state index in [4.69, 9.17) is 4.74 Å². The van der Waals surface area contributed by atoms with Crippen molar-refractivity contribution in [2.24, 2.45) is 17.3 Å². The number of aliphatic hydroxyl groups is 1. The highest BCUT2D eigenvalue weighted by Crippen LogP contribution is 2.54. The van der Waals surface area contributed by atoms with Crippen LogP contribution < -0.4 is 0 Å². The molecular formula is C13H20O3. The topological polar surface area (TPSA) is 46.5 Å². The number of esters is 1. The second kappa shape index (κ2) is 3.46. The quantitative estimate of drug-likeness (QED) is 0.639. The summed E-state index contributed by atoms with van der Waals surface area (Å²) in [5.41, 5.74) is 0.198. The Morgan fingerprint density at radius 1 is 1.50 bits per heavy atom. The van der Waals surface area contributed by atoms with Gasteiger partial charge >= 0.3 is 5.97 Å². The van der Waals surface area contributed by atoms with E-state index in [1.54, 1.807) is 0 Å². The fraction of sp³-hybridized carbons (Fsp3) is 0.923. The van der Waals surface area contributed by atoms with Gasteiger partial charge in [0.25, 0.3) is 0 Å². The number of carbonyl (C=O) groups excluding carboxylic acids is 1. The van der Waals surface area contributed by atoms with Crippen molar-refractivity contribution < 1.29 is 14.6 Å². The number of ether oxygens (including phenoxy) is 1. The summed E-state index contributed by atoms with van der Waals surface area (Å²) in [6.45, 7) is 2.27. The van der Waals surface area contributed by atoms with Crippen LogP contribution >= 0.6 is 0 Å². The Bertz CT molecular complexity index is 314. The van der Waals surface area contributed by atoms with E-state index in [9.17, 15) is 9.90 Å². The Kier molecular flexibility index (Phi) is 2.29. The molecular weight excluding hydrogens is 204 g/mol. The average molecular weight is 224 g/mol. The highest BCUT2D eigenvalue weighted by Gasteiger charge is 2.52. The number of fused-ring (bicyclic) bond motifs is 2. The van der Waals surface area contributed by atoms with Crippen LogP contribution in [0.15, 0.2) is 0 Å². The van der Waals surface area contributed by atoms with Crippen LogP contribution in [-0.2, 0) is 9.53 Å². The zero-order valence-corrected chi connectivity index (χ0v) is 9.82. The lowest BCUT2D eigenvalue weighted by molar-refractivity contribution is -0.146. The number of hydrogen-bond donors (Lipinski definition) is 1. The molecule has 1 saturated heterocycles. The third-order valence-corrected chi connectivity index (χ3v) is 5.07. The number of carbonyl (C=O) groups is 1. The van der Waals surface area contributed by atoms with E-state index in [0.717, 1.165) is 25.7 Å². The van der Waals surface area contributed by atoms with Crippen LogP contribution in [0.4, 0.5) is 0 Å². The average Bonchev–Trinajstić information content (AvgIpc) is 2.54. The van der Waals surface area contributed by atoms with Gasteiger partial charge in [0.05, 0.1) is 12.5 Å². The van der Waals surface area contributed by atoms with Crippen molar-refractivity contribution in [1.29, 1.82) is 0 Å². The Balaban J connectivity index is 1.83. The van der Waals surface area contributed by atoms with Crippen molar-refractivity contribution in [3.63, 3.8) is 0 Å². The Labute approximate surface area is 96.2 Å². The van der Waals surface area contributed by atoms with Gasteiger partial charge in [0.2, 0.25) is 0 Å². The molecule has 5 atom stereocenters. The maximum Gasteiger partial charge on any atom is 0.306 e. The van der Waals surface area contributed by atoms with Gasteiger partial charge in [-0.2, -0.15) is 0 Å². The molecule has 90 valence electrons. The number of aliphatic hydroxyl groups excluding tert-OH is 1. The normalized spacial score (nSPS) is 51.8. The van der Waals surface area contributed by atoms with Gasteiger partial charge in [-0.15, -0.1) is 0 Å². The fourth-order valence-electron chi connectivity index (χ4n) is 4.15. The third kappa shape index (κ3) is 1.48. The molecule has 0 aromatic heterocycles. The van der Waals surface area contributed by atoms with E-state index in [1.165, 1.54) is 6.42 Å². The van der Waals surface area contributed by atoms with Crippen molar-refractivity contribution in [3.05, 3.63) is 0 Å². The highest BCUT2D eigenvalue weighted by atomic mass is 16.5. The predicted octanol–water partition coefficient (Wildman–Crippen LogP) is 1.88. The fourth-order valence-corrected chi connectivity index (χ4v) is 4.15. The lowest BCUT2D eigenvalue weighted by Gasteiger charge is -2.50. The van der Waals surface area contributed by atoms with Crippen LogP contribution in [-0.4, -0.2) is 23.3 Å². The molecule has 0 aromatic carbocycles. The van der Waals surface area contributed by atoms with Gasteiger partial charge < -0.3 is 9.84 Å². The van der Waals surface area contributed by atoms with Crippen LogP contribution in [0.25, 0.3) is 0 Å². The van der Waals surface area contributed by atoms with Gasteiger partial charge in [0.1, 0.15) is 6.10 Å². The largest absolute Gasteiger partial charge is 0.462 e. The minimum Gasteiger partial charge on any atom is -0.462 e. The minimum atomic E-state index is -0.157. The third-order valence-electron chi connectivity index (χ3n) is 5.07. The summed E-state index contributed by atoms with van der Waals surface area (Å²) in [5.74, 6) is 0.724. The first-order valence-corrected chi connectivity index (χ1v) is 6.46. The predicted molar refractivity (Wildman–Crippen MR) is 58.7 cm³/mol. The van der Waals surface area contributed by atoms with Gasteiger partial charge in [-0.3, -0.25) is 4.79 Å². The Morgan fingerprint density at radius 3 is 3.12 bits per heavy atom. The first-order valence-electron chi connectivity index (χ1n) is 6.46. The summed E-state index contributed by atoms with van der Waals surface area (Å²) in [4.78, 5) is 11.3. The van der Waals surface area contributed by atoms with Crippen molar-refractivity contribution >= 4 is 5.97 Å². The van der Waals surface area contributed by atoms with Gasteiger partial charge in [0, 0.05) is 5.92 Å². The number of hydrogen-bond acceptors (Lipinski definition) is 3. The van der Waals surface area contributed by atoms with E-state index in [1.807, 2.05) is 0 Å². The molecule has 1 aliphatic heterocycles. The van der Waals surface area contributed by atoms with Gasteiger partial charge in [-0.25, -0.2) is 0 Å². The van der Waals surface area contributed by atoms with E-state index in [0.29, 0.717) is 18.3 Å². The molecule has 0 amide bonds. The monoisotopic (exact) mass is 224 g/mol. The van der Waals surface area contributed by atoms with Crippen LogP contribution in [0.2, 0.25) is 0 Å². The molecule has 0 aromatic rings. The van der Waals surface area contributed by atoms with Crippen molar-refractivity contribution in [3.8, 4) is 0 Å². The summed E-state index contributed by atoms with van der Waals surface area (Å²) < 4.78 is 5.39. The SMILES string of the molecule is C[C@]12CCC[C@H](O)[C@@H]1C[C@@H]1CC(=O)O[C@@H]1C2. The molecule has 3 rings (SSSR count). The van der Waals surface area contributed by atoms with Crippen molar-refractivity contribution in [2.45, 2.75) is 57.7 Å². The molecule has 0 radical (unpaired) electrons. The maximum atomic E-state index is 11.3. The second-order valence-corrected chi connectivity index (χ2v) is 6.15. The summed E-state index contributed by atoms with van der Waals surface area (Å²) in [6.07, 6.45) is 5.72. The molecule has 16 heavy (non-hydrogen) atoms. The first-order chi connectivity index (χ1) is 7.58. The first kappa shape index (κ1) is 10.6. The summed E-state index contributed by atoms with van der Waals surface area (Å²) in [5, 5.41) is 10.1. The molecule has 0 spiro atoms. The van der Waals surface area contributed by atoms with E-state index < -0.39 is 0 Å². The van der Waals surface area contributed by atoms with E-state index in [2.05, 4.69) is 6.92 Å². The van der Waals surface area contributed by atoms with Gasteiger partial charge in [-0.1, -0.05) is 13.3 Å². The molecule has 3 fully saturated rings. The summed E-state index contributed by atoms with van der Waals surface area (Å²) >= 11 is 0. The molecule has 0 unspecified atom stereocenters. The van der Waals surface area contributed by atoms with Crippen molar-refractivity contribution in [1.82, 2.24) is 0 Å². The molecule has 2 aliphatic carbocycles. The summed E-state index contributed by atoms with van der Waals surface area (Å²) in [7, 11) is 0. The highest BCUT2D eigenvalue weighted by molar-refractivity contribution is 5.72. The maximum absolute atomic E-state index is 11.3. The molecule has 2 saturated carbocycles. The lowest BCUT2D eigenvalue weighted by Crippen LogP contribution is -2.48. The zero-order valence-electron chi connectivity index (χ0n) is 9.82. The Morgan fingerprint density at radius 2 is 2.31 bits per heavy atom. The smallest absolute Gasteiger partial charge is 0.306 e.